The molecule has 1 aromatic carbocycles. The highest BCUT2D eigenvalue weighted by molar-refractivity contribution is 7.89. The van der Waals surface area contributed by atoms with Crippen LogP contribution >= 0.6 is 0 Å². The van der Waals surface area contributed by atoms with Gasteiger partial charge in [0.25, 0.3) is 0 Å². The molecule has 0 bridgehead atoms. The van der Waals surface area contributed by atoms with Crippen molar-refractivity contribution in [2.24, 2.45) is 5.73 Å². The summed E-state index contributed by atoms with van der Waals surface area (Å²) < 4.78 is 25.5. The van der Waals surface area contributed by atoms with Crippen molar-refractivity contribution >= 4 is 10.0 Å². The molecule has 0 spiro atoms. The van der Waals surface area contributed by atoms with Gasteiger partial charge in [0.1, 0.15) is 5.75 Å². The van der Waals surface area contributed by atoms with E-state index >= 15 is 0 Å². The number of hydrogen-bond donors (Lipinski definition) is 2. The Labute approximate surface area is 94.5 Å². The van der Waals surface area contributed by atoms with Gasteiger partial charge in [-0.1, -0.05) is 6.07 Å². The zero-order chi connectivity index (χ0) is 11.8. The van der Waals surface area contributed by atoms with Gasteiger partial charge >= 0.3 is 0 Å². The first-order chi connectivity index (χ1) is 7.50. The minimum absolute atomic E-state index is 0.0513. The largest absolute Gasteiger partial charge is 0.508 e. The molecule has 6 heteroatoms. The molecule has 0 saturated carbocycles. The highest BCUT2D eigenvalue weighted by Crippen LogP contribution is 2.22. The molecule has 1 aliphatic rings. The van der Waals surface area contributed by atoms with Gasteiger partial charge in [-0.05, 0) is 24.6 Å². The monoisotopic (exact) mass is 242 g/mol. The molecule has 1 aliphatic heterocycles. The summed E-state index contributed by atoms with van der Waals surface area (Å²) in [5, 5.41) is 9.26. The maximum atomic E-state index is 12.1. The van der Waals surface area contributed by atoms with Crippen molar-refractivity contribution in [1.29, 1.82) is 0 Å². The van der Waals surface area contributed by atoms with Crippen molar-refractivity contribution in [2.45, 2.75) is 17.4 Å². The Balaban J connectivity index is 2.32. The summed E-state index contributed by atoms with van der Waals surface area (Å²) in [7, 11) is -3.50. The molecule has 0 radical (unpaired) electrons. The van der Waals surface area contributed by atoms with E-state index in [2.05, 4.69) is 0 Å². The molecule has 88 valence electrons. The average molecular weight is 242 g/mol. The maximum absolute atomic E-state index is 12.1. The maximum Gasteiger partial charge on any atom is 0.243 e. The number of phenolic OH excluding ortho intramolecular Hbond substituents is 1. The fourth-order valence-electron chi connectivity index (χ4n) is 1.77. The summed E-state index contributed by atoms with van der Waals surface area (Å²) in [6.45, 7) is 0.789. The lowest BCUT2D eigenvalue weighted by Crippen LogP contribution is -2.31. The molecular formula is C10H14N2O3S. The fraction of sp³-hybridized carbons (Fsp3) is 0.400. The van der Waals surface area contributed by atoms with Crippen LogP contribution in [0, 0.1) is 0 Å². The van der Waals surface area contributed by atoms with E-state index in [0.29, 0.717) is 19.5 Å². The van der Waals surface area contributed by atoms with Gasteiger partial charge < -0.3 is 10.8 Å². The number of nitrogens with two attached hydrogens (primary N) is 1. The molecule has 0 unspecified atom stereocenters. The Kier molecular flexibility index (Phi) is 2.88. The van der Waals surface area contributed by atoms with Crippen LogP contribution in [0.3, 0.4) is 0 Å². The van der Waals surface area contributed by atoms with E-state index in [4.69, 9.17) is 5.73 Å². The van der Waals surface area contributed by atoms with E-state index in [9.17, 15) is 13.5 Å². The molecule has 0 aromatic heterocycles. The van der Waals surface area contributed by atoms with E-state index in [1.54, 1.807) is 0 Å². The average Bonchev–Trinajstić information content (AvgIpc) is 2.65. The number of hydrogen-bond acceptors (Lipinski definition) is 4. The highest BCUT2D eigenvalue weighted by Gasteiger charge is 2.30. The molecule has 1 saturated heterocycles. The van der Waals surface area contributed by atoms with E-state index in [1.165, 1.54) is 28.6 Å². The van der Waals surface area contributed by atoms with Crippen LogP contribution in [-0.2, 0) is 10.0 Å². The van der Waals surface area contributed by atoms with Crippen LogP contribution in [0.2, 0.25) is 0 Å². The van der Waals surface area contributed by atoms with Gasteiger partial charge in [-0.2, -0.15) is 4.31 Å². The zero-order valence-electron chi connectivity index (χ0n) is 8.70. The molecule has 0 amide bonds. The molecule has 16 heavy (non-hydrogen) atoms. The standard InChI is InChI=1S/C10H14N2O3S/c11-8-4-5-12(7-8)16(14,15)10-3-1-2-9(13)6-10/h1-3,6,8,13H,4-5,7,11H2/t8-/m0/s1. The van der Waals surface area contributed by atoms with E-state index in [1.807, 2.05) is 0 Å². The molecule has 5 nitrogen and oxygen atoms in total. The summed E-state index contributed by atoms with van der Waals surface area (Å²) in [5.74, 6) is -0.0513. The van der Waals surface area contributed by atoms with Gasteiger partial charge in [0.2, 0.25) is 10.0 Å². The second-order valence-corrected chi connectivity index (χ2v) is 5.85. The first-order valence-corrected chi connectivity index (χ1v) is 6.49. The molecule has 1 aromatic rings. The lowest BCUT2D eigenvalue weighted by atomic mass is 10.3. The van der Waals surface area contributed by atoms with Crippen molar-refractivity contribution in [3.8, 4) is 5.75 Å². The Bertz CT molecular complexity index is 487. The second kappa shape index (κ2) is 4.04. The van der Waals surface area contributed by atoms with Crippen LogP contribution in [0.4, 0.5) is 0 Å². The van der Waals surface area contributed by atoms with Crippen LogP contribution in [0.1, 0.15) is 6.42 Å². The molecule has 0 aliphatic carbocycles. The van der Waals surface area contributed by atoms with E-state index < -0.39 is 10.0 Å². The second-order valence-electron chi connectivity index (χ2n) is 3.91. The normalized spacial score (nSPS) is 22.4. The molecule has 2 rings (SSSR count). The highest BCUT2D eigenvalue weighted by atomic mass is 32.2. The first kappa shape index (κ1) is 11.4. The number of sulfonamides is 1. The van der Waals surface area contributed by atoms with Crippen LogP contribution in [-0.4, -0.2) is 37.0 Å². The fourth-order valence-corrected chi connectivity index (χ4v) is 3.32. The van der Waals surface area contributed by atoms with Crippen LogP contribution in [0.25, 0.3) is 0 Å². The van der Waals surface area contributed by atoms with Crippen molar-refractivity contribution in [3.63, 3.8) is 0 Å². The Morgan fingerprint density at radius 2 is 2.19 bits per heavy atom. The Morgan fingerprint density at radius 3 is 2.75 bits per heavy atom. The van der Waals surface area contributed by atoms with Crippen LogP contribution in [0.15, 0.2) is 29.2 Å². The summed E-state index contributed by atoms with van der Waals surface area (Å²) in [5.41, 5.74) is 5.67. The zero-order valence-corrected chi connectivity index (χ0v) is 9.52. The quantitative estimate of drug-likeness (QED) is 0.771. The molecule has 1 heterocycles. The van der Waals surface area contributed by atoms with Crippen molar-refractivity contribution in [2.75, 3.05) is 13.1 Å². The Hall–Kier alpha value is -1.11. The Morgan fingerprint density at radius 1 is 1.44 bits per heavy atom. The molecular weight excluding hydrogens is 228 g/mol. The predicted octanol–water partition coefficient (Wildman–Crippen LogP) is 0.114. The predicted molar refractivity (Wildman–Crippen MR) is 59.5 cm³/mol. The minimum atomic E-state index is -3.50. The smallest absolute Gasteiger partial charge is 0.243 e. The summed E-state index contributed by atoms with van der Waals surface area (Å²) in [6.07, 6.45) is 0.679. The number of nitrogens with zero attached hydrogens (tertiary/aromatic N) is 1. The SMILES string of the molecule is N[C@H]1CCN(S(=O)(=O)c2cccc(O)c2)C1. The number of phenols is 1. The van der Waals surface area contributed by atoms with Crippen molar-refractivity contribution in [3.05, 3.63) is 24.3 Å². The van der Waals surface area contributed by atoms with Gasteiger partial charge in [-0.3, -0.25) is 0 Å². The summed E-state index contributed by atoms with van der Waals surface area (Å²) in [6, 6.07) is 5.58. The van der Waals surface area contributed by atoms with Gasteiger partial charge in [0.05, 0.1) is 4.90 Å². The third kappa shape index (κ3) is 2.04. The number of rotatable bonds is 2. The van der Waals surface area contributed by atoms with Crippen LogP contribution in [0.5, 0.6) is 5.75 Å². The summed E-state index contributed by atoms with van der Waals surface area (Å²) in [4.78, 5) is 0.113. The molecule has 3 N–H and O–H groups in total. The topological polar surface area (TPSA) is 83.6 Å². The van der Waals surface area contributed by atoms with Gasteiger partial charge in [-0.25, -0.2) is 8.42 Å². The van der Waals surface area contributed by atoms with E-state index in [0.717, 1.165) is 0 Å². The molecule has 1 atom stereocenters. The lowest BCUT2D eigenvalue weighted by Gasteiger charge is -2.15. The third-order valence-corrected chi connectivity index (χ3v) is 4.50. The van der Waals surface area contributed by atoms with Gasteiger partial charge in [0, 0.05) is 19.1 Å². The molecule has 1 fully saturated rings. The lowest BCUT2D eigenvalue weighted by molar-refractivity contribution is 0.463. The summed E-state index contributed by atoms with van der Waals surface area (Å²) >= 11 is 0. The van der Waals surface area contributed by atoms with Gasteiger partial charge in [0.15, 0.2) is 0 Å². The number of aromatic hydroxyl groups is 1. The van der Waals surface area contributed by atoms with Gasteiger partial charge in [-0.15, -0.1) is 0 Å². The van der Waals surface area contributed by atoms with E-state index in [-0.39, 0.29) is 16.7 Å². The number of benzene rings is 1. The minimum Gasteiger partial charge on any atom is -0.508 e. The first-order valence-electron chi connectivity index (χ1n) is 5.05. The van der Waals surface area contributed by atoms with Crippen LogP contribution < -0.4 is 5.73 Å². The van der Waals surface area contributed by atoms with Crippen molar-refractivity contribution in [1.82, 2.24) is 4.31 Å². The third-order valence-electron chi connectivity index (χ3n) is 2.64. The van der Waals surface area contributed by atoms with Crippen molar-refractivity contribution < 1.29 is 13.5 Å².